The Hall–Kier alpha value is -1.62. The molecule has 1 atom stereocenters. The maximum absolute atomic E-state index is 13.7. The fourth-order valence-electron chi connectivity index (χ4n) is 2.20. The van der Waals surface area contributed by atoms with Crippen LogP contribution < -0.4 is 4.74 Å². The van der Waals surface area contributed by atoms with E-state index in [0.717, 1.165) is 0 Å². The summed E-state index contributed by atoms with van der Waals surface area (Å²) in [6.45, 7) is 1.63. The Bertz CT molecular complexity index is 450. The van der Waals surface area contributed by atoms with Crippen LogP contribution in [-0.2, 0) is 11.3 Å². The summed E-state index contributed by atoms with van der Waals surface area (Å²) in [5, 5.41) is 8.90. The first-order valence-electron chi connectivity index (χ1n) is 5.87. The van der Waals surface area contributed by atoms with Crippen molar-refractivity contribution < 1.29 is 19.0 Å². The molecule has 1 saturated heterocycles. The number of aliphatic carboxylic acids is 1. The zero-order chi connectivity index (χ0) is 13.1. The molecule has 1 aliphatic heterocycles. The SMILES string of the molecule is COc1ccc(CN2CCC(C(=O)O)C2)c(F)c1. The Labute approximate surface area is 105 Å². The van der Waals surface area contributed by atoms with Crippen LogP contribution in [0.5, 0.6) is 5.75 Å². The summed E-state index contributed by atoms with van der Waals surface area (Å²) in [6, 6.07) is 4.74. The molecule has 18 heavy (non-hydrogen) atoms. The summed E-state index contributed by atoms with van der Waals surface area (Å²) in [7, 11) is 1.49. The van der Waals surface area contributed by atoms with Crippen molar-refractivity contribution in [1.82, 2.24) is 4.90 Å². The largest absolute Gasteiger partial charge is 0.497 e. The molecule has 98 valence electrons. The predicted molar refractivity (Wildman–Crippen MR) is 64.0 cm³/mol. The zero-order valence-corrected chi connectivity index (χ0v) is 10.2. The predicted octanol–water partition coefficient (Wildman–Crippen LogP) is 1.74. The first-order chi connectivity index (χ1) is 8.60. The summed E-state index contributed by atoms with van der Waals surface area (Å²) >= 11 is 0. The molecule has 0 bridgehead atoms. The van der Waals surface area contributed by atoms with Gasteiger partial charge in [-0.05, 0) is 19.0 Å². The topological polar surface area (TPSA) is 49.8 Å². The molecule has 0 saturated carbocycles. The number of methoxy groups -OCH3 is 1. The number of carbonyl (C=O) groups is 1. The summed E-state index contributed by atoms with van der Waals surface area (Å²) in [4.78, 5) is 12.8. The monoisotopic (exact) mass is 253 g/mol. The fourth-order valence-corrected chi connectivity index (χ4v) is 2.20. The molecule has 2 rings (SSSR count). The summed E-state index contributed by atoms with van der Waals surface area (Å²) in [5.41, 5.74) is 0.571. The van der Waals surface area contributed by atoms with Crippen molar-refractivity contribution in [1.29, 1.82) is 0 Å². The minimum absolute atomic E-state index is 0.312. The van der Waals surface area contributed by atoms with Gasteiger partial charge in [-0.3, -0.25) is 9.69 Å². The number of hydrogen-bond donors (Lipinski definition) is 1. The first kappa shape index (κ1) is 12.8. The molecule has 0 spiro atoms. The number of nitrogens with zero attached hydrogens (tertiary/aromatic N) is 1. The molecule has 1 fully saturated rings. The Morgan fingerprint density at radius 2 is 2.39 bits per heavy atom. The highest BCUT2D eigenvalue weighted by Gasteiger charge is 2.28. The molecule has 0 aliphatic carbocycles. The van der Waals surface area contributed by atoms with E-state index in [0.29, 0.717) is 37.4 Å². The number of carboxylic acid groups (broad SMARTS) is 1. The maximum atomic E-state index is 13.7. The van der Waals surface area contributed by atoms with Gasteiger partial charge in [0.25, 0.3) is 0 Å². The second-order valence-electron chi connectivity index (χ2n) is 4.52. The lowest BCUT2D eigenvalue weighted by molar-refractivity contribution is -0.141. The van der Waals surface area contributed by atoms with Crippen molar-refractivity contribution in [2.75, 3.05) is 20.2 Å². The Kier molecular flexibility index (Phi) is 3.81. The lowest BCUT2D eigenvalue weighted by Crippen LogP contribution is -2.23. The van der Waals surface area contributed by atoms with Gasteiger partial charge in [0.05, 0.1) is 13.0 Å². The number of hydrogen-bond acceptors (Lipinski definition) is 3. The number of carboxylic acids is 1. The van der Waals surface area contributed by atoms with Crippen LogP contribution in [0.25, 0.3) is 0 Å². The van der Waals surface area contributed by atoms with E-state index in [1.165, 1.54) is 13.2 Å². The van der Waals surface area contributed by atoms with Crippen LogP contribution in [0.3, 0.4) is 0 Å². The average molecular weight is 253 g/mol. The molecule has 0 radical (unpaired) electrons. The van der Waals surface area contributed by atoms with E-state index in [4.69, 9.17) is 9.84 Å². The van der Waals surface area contributed by atoms with Crippen molar-refractivity contribution in [3.63, 3.8) is 0 Å². The Balaban J connectivity index is 2.00. The van der Waals surface area contributed by atoms with Gasteiger partial charge < -0.3 is 9.84 Å². The molecular formula is C13H16FNO3. The van der Waals surface area contributed by atoms with Crippen LogP contribution in [-0.4, -0.2) is 36.2 Å². The molecule has 5 heteroatoms. The Morgan fingerprint density at radius 3 is 2.94 bits per heavy atom. The smallest absolute Gasteiger partial charge is 0.307 e. The van der Waals surface area contributed by atoms with Crippen LogP contribution in [0.4, 0.5) is 4.39 Å². The fraction of sp³-hybridized carbons (Fsp3) is 0.462. The standard InChI is InChI=1S/C13H16FNO3/c1-18-11-3-2-9(12(14)6-11)7-15-5-4-10(8-15)13(16)17/h2-3,6,10H,4-5,7-8H2,1H3,(H,16,17). The van der Waals surface area contributed by atoms with Crippen LogP contribution in [0.2, 0.25) is 0 Å². The number of ether oxygens (including phenoxy) is 1. The number of likely N-dealkylation sites (tertiary alicyclic amines) is 1. The first-order valence-corrected chi connectivity index (χ1v) is 5.87. The number of benzene rings is 1. The maximum Gasteiger partial charge on any atom is 0.307 e. The van der Waals surface area contributed by atoms with E-state index in [9.17, 15) is 9.18 Å². The highest BCUT2D eigenvalue weighted by atomic mass is 19.1. The molecule has 1 aliphatic rings. The van der Waals surface area contributed by atoms with Crippen molar-refractivity contribution in [3.05, 3.63) is 29.6 Å². The van der Waals surface area contributed by atoms with Crippen molar-refractivity contribution in [2.45, 2.75) is 13.0 Å². The van der Waals surface area contributed by atoms with Crippen LogP contribution in [0.15, 0.2) is 18.2 Å². The van der Waals surface area contributed by atoms with E-state index >= 15 is 0 Å². The third-order valence-corrected chi connectivity index (χ3v) is 3.28. The molecular weight excluding hydrogens is 237 g/mol. The molecule has 1 N–H and O–H groups in total. The molecule has 1 aromatic carbocycles. The third kappa shape index (κ3) is 2.79. The quantitative estimate of drug-likeness (QED) is 0.888. The molecule has 1 heterocycles. The van der Waals surface area contributed by atoms with Crippen molar-refractivity contribution >= 4 is 5.97 Å². The third-order valence-electron chi connectivity index (χ3n) is 3.28. The van der Waals surface area contributed by atoms with Gasteiger partial charge in [-0.25, -0.2) is 4.39 Å². The van der Waals surface area contributed by atoms with E-state index in [2.05, 4.69) is 0 Å². The minimum atomic E-state index is -0.771. The van der Waals surface area contributed by atoms with E-state index in [1.54, 1.807) is 12.1 Å². The zero-order valence-electron chi connectivity index (χ0n) is 10.2. The lowest BCUT2D eigenvalue weighted by atomic mass is 10.1. The second-order valence-corrected chi connectivity index (χ2v) is 4.52. The van der Waals surface area contributed by atoms with E-state index in [-0.39, 0.29) is 11.7 Å². The number of rotatable bonds is 4. The van der Waals surface area contributed by atoms with Crippen LogP contribution in [0.1, 0.15) is 12.0 Å². The molecule has 0 aromatic heterocycles. The van der Waals surface area contributed by atoms with E-state index in [1.807, 2.05) is 4.90 Å². The molecule has 0 amide bonds. The van der Waals surface area contributed by atoms with Crippen molar-refractivity contribution in [3.8, 4) is 5.75 Å². The normalized spacial score (nSPS) is 20.0. The second kappa shape index (κ2) is 5.35. The molecule has 4 nitrogen and oxygen atoms in total. The van der Waals surface area contributed by atoms with Gasteiger partial charge in [0, 0.05) is 24.7 Å². The van der Waals surface area contributed by atoms with Crippen LogP contribution >= 0.6 is 0 Å². The van der Waals surface area contributed by atoms with Gasteiger partial charge in [0.15, 0.2) is 0 Å². The summed E-state index contributed by atoms with van der Waals surface area (Å²) in [5.74, 6) is -0.923. The van der Waals surface area contributed by atoms with Gasteiger partial charge in [-0.2, -0.15) is 0 Å². The minimum Gasteiger partial charge on any atom is -0.497 e. The molecule has 1 aromatic rings. The van der Waals surface area contributed by atoms with Gasteiger partial charge in [0.2, 0.25) is 0 Å². The highest BCUT2D eigenvalue weighted by molar-refractivity contribution is 5.70. The molecule has 1 unspecified atom stereocenters. The van der Waals surface area contributed by atoms with E-state index < -0.39 is 5.97 Å². The van der Waals surface area contributed by atoms with Gasteiger partial charge in [-0.15, -0.1) is 0 Å². The van der Waals surface area contributed by atoms with Gasteiger partial charge in [0.1, 0.15) is 11.6 Å². The average Bonchev–Trinajstić information content (AvgIpc) is 2.80. The number of halogens is 1. The lowest BCUT2D eigenvalue weighted by Gasteiger charge is -2.16. The summed E-state index contributed by atoms with van der Waals surface area (Å²) in [6.07, 6.45) is 0.632. The van der Waals surface area contributed by atoms with Gasteiger partial charge in [-0.1, -0.05) is 6.07 Å². The van der Waals surface area contributed by atoms with Crippen LogP contribution in [0, 0.1) is 11.7 Å². The van der Waals surface area contributed by atoms with Gasteiger partial charge >= 0.3 is 5.97 Å². The highest BCUT2D eigenvalue weighted by Crippen LogP contribution is 2.22. The Morgan fingerprint density at radius 1 is 1.61 bits per heavy atom. The summed E-state index contributed by atoms with van der Waals surface area (Å²) < 4.78 is 18.7. The van der Waals surface area contributed by atoms with Crippen molar-refractivity contribution in [2.24, 2.45) is 5.92 Å².